The second-order valence-corrected chi connectivity index (χ2v) is 7.64. The van der Waals surface area contributed by atoms with Crippen LogP contribution in [0.3, 0.4) is 0 Å². The van der Waals surface area contributed by atoms with Crippen LogP contribution in [-0.2, 0) is 15.9 Å². The molecule has 0 radical (unpaired) electrons. The normalized spacial score (nSPS) is 19.0. The SMILES string of the molecule is C=C/C=C\C=C(/N)N1CCN(C(=O)c2cccc(NC3=NS(=O)N=C3OCC)c2O)CC1. The van der Waals surface area contributed by atoms with Gasteiger partial charge in [-0.2, -0.15) is 0 Å². The van der Waals surface area contributed by atoms with Crippen LogP contribution in [0.1, 0.15) is 17.3 Å². The molecular weight excluding hydrogens is 432 g/mol. The largest absolute Gasteiger partial charge is 0.505 e. The number of hydrogen-bond donors (Lipinski definition) is 3. The van der Waals surface area contributed by atoms with Gasteiger partial charge in [0.2, 0.25) is 5.84 Å². The number of phenols is 1. The molecule has 32 heavy (non-hydrogen) atoms. The first kappa shape index (κ1) is 23.1. The number of amidine groups is 1. The molecule has 2 heterocycles. The molecule has 0 aliphatic carbocycles. The maximum Gasteiger partial charge on any atom is 0.271 e. The van der Waals surface area contributed by atoms with Crippen LogP contribution in [0, 0.1) is 0 Å². The molecule has 3 rings (SSSR count). The molecule has 0 spiro atoms. The summed E-state index contributed by atoms with van der Waals surface area (Å²) in [5.41, 5.74) is 6.47. The summed E-state index contributed by atoms with van der Waals surface area (Å²) in [6.45, 7) is 7.76. The van der Waals surface area contributed by atoms with Crippen molar-refractivity contribution in [3.63, 3.8) is 0 Å². The number of nitrogens with zero attached hydrogens (tertiary/aromatic N) is 4. The number of para-hydroxylation sites is 1. The molecule has 1 saturated heterocycles. The molecule has 0 aromatic heterocycles. The maximum atomic E-state index is 13.0. The van der Waals surface area contributed by atoms with Crippen molar-refractivity contribution in [1.29, 1.82) is 0 Å². The third-order valence-electron chi connectivity index (χ3n) is 4.78. The first-order valence-corrected chi connectivity index (χ1v) is 11.1. The van der Waals surface area contributed by atoms with E-state index in [2.05, 4.69) is 20.7 Å². The minimum absolute atomic E-state index is 0.0895. The van der Waals surface area contributed by atoms with Gasteiger partial charge in [-0.3, -0.25) is 4.79 Å². The quantitative estimate of drug-likeness (QED) is 0.435. The number of ether oxygens (including phenoxy) is 1. The molecule has 1 unspecified atom stereocenters. The first-order chi connectivity index (χ1) is 15.4. The third kappa shape index (κ3) is 5.35. The van der Waals surface area contributed by atoms with Crippen LogP contribution in [-0.4, -0.2) is 69.5 Å². The molecule has 2 aliphatic heterocycles. The summed E-state index contributed by atoms with van der Waals surface area (Å²) in [4.78, 5) is 16.7. The smallest absolute Gasteiger partial charge is 0.271 e. The van der Waals surface area contributed by atoms with Crippen molar-refractivity contribution in [3.8, 4) is 5.75 Å². The van der Waals surface area contributed by atoms with Crippen molar-refractivity contribution in [1.82, 2.24) is 9.80 Å². The molecule has 1 aromatic carbocycles. The number of nitrogens with one attached hydrogen (secondary N) is 1. The minimum Gasteiger partial charge on any atom is -0.505 e. The number of allylic oxidation sites excluding steroid dienone is 4. The summed E-state index contributed by atoms with van der Waals surface area (Å²) in [6.07, 6.45) is 7.05. The van der Waals surface area contributed by atoms with Gasteiger partial charge in [0.1, 0.15) is 0 Å². The van der Waals surface area contributed by atoms with Crippen LogP contribution < -0.4 is 11.1 Å². The molecule has 2 aliphatic rings. The van der Waals surface area contributed by atoms with E-state index in [1.54, 1.807) is 48.3 Å². The van der Waals surface area contributed by atoms with E-state index in [1.807, 2.05) is 11.0 Å². The Morgan fingerprint density at radius 2 is 2.00 bits per heavy atom. The summed E-state index contributed by atoms with van der Waals surface area (Å²) in [7, 11) is 0. The minimum atomic E-state index is -1.79. The average molecular weight is 459 g/mol. The molecule has 1 fully saturated rings. The van der Waals surface area contributed by atoms with Gasteiger partial charge in [0.15, 0.2) is 5.75 Å². The number of carbonyl (C=O) groups excluding carboxylic acids is 1. The maximum absolute atomic E-state index is 13.0. The number of hydrogen-bond acceptors (Lipinski definition) is 7. The first-order valence-electron chi connectivity index (χ1n) is 10.0. The third-order valence-corrected chi connectivity index (χ3v) is 5.44. The predicted octanol–water partition coefficient (Wildman–Crippen LogP) is 1.53. The number of benzene rings is 1. The number of anilines is 1. The summed E-state index contributed by atoms with van der Waals surface area (Å²) in [6, 6.07) is 4.78. The van der Waals surface area contributed by atoms with E-state index >= 15 is 0 Å². The summed E-state index contributed by atoms with van der Waals surface area (Å²) in [5.74, 6) is 0.310. The summed E-state index contributed by atoms with van der Waals surface area (Å²) >= 11 is -1.79. The molecule has 0 bridgehead atoms. The number of amides is 1. The second kappa shape index (κ2) is 10.6. The van der Waals surface area contributed by atoms with E-state index in [-0.39, 0.29) is 34.6 Å². The highest BCUT2D eigenvalue weighted by Crippen LogP contribution is 2.29. The average Bonchev–Trinajstić information content (AvgIpc) is 3.14. The van der Waals surface area contributed by atoms with Gasteiger partial charge in [0, 0.05) is 26.2 Å². The molecule has 4 N–H and O–H groups in total. The lowest BCUT2D eigenvalue weighted by Gasteiger charge is -2.36. The number of piperazine rings is 1. The molecule has 10 nitrogen and oxygen atoms in total. The van der Waals surface area contributed by atoms with Gasteiger partial charge in [-0.05, 0) is 25.1 Å². The number of carbonyl (C=O) groups is 1. The Hall–Kier alpha value is -3.60. The van der Waals surface area contributed by atoms with Crippen LogP contribution in [0.4, 0.5) is 5.69 Å². The fourth-order valence-electron chi connectivity index (χ4n) is 3.18. The van der Waals surface area contributed by atoms with E-state index in [0.29, 0.717) is 38.6 Å². The van der Waals surface area contributed by atoms with Gasteiger partial charge in [-0.25, -0.2) is 4.21 Å². The van der Waals surface area contributed by atoms with Crippen LogP contribution in [0.2, 0.25) is 0 Å². The van der Waals surface area contributed by atoms with E-state index in [0.717, 1.165) is 0 Å². The van der Waals surface area contributed by atoms with Crippen molar-refractivity contribution in [3.05, 3.63) is 60.5 Å². The lowest BCUT2D eigenvalue weighted by molar-refractivity contribution is 0.0665. The highest BCUT2D eigenvalue weighted by molar-refractivity contribution is 7.83. The Labute approximate surface area is 189 Å². The zero-order chi connectivity index (χ0) is 23.1. The highest BCUT2D eigenvalue weighted by Gasteiger charge is 2.27. The van der Waals surface area contributed by atoms with E-state index in [9.17, 15) is 14.1 Å². The Morgan fingerprint density at radius 1 is 1.28 bits per heavy atom. The molecule has 170 valence electrons. The van der Waals surface area contributed by atoms with Gasteiger partial charge in [-0.1, -0.05) is 30.9 Å². The van der Waals surface area contributed by atoms with Gasteiger partial charge >= 0.3 is 0 Å². The molecular formula is C21H26N6O4S. The fraction of sp³-hybridized carbons (Fsp3) is 0.286. The van der Waals surface area contributed by atoms with Gasteiger partial charge in [0.05, 0.1) is 23.7 Å². The predicted molar refractivity (Wildman–Crippen MR) is 125 cm³/mol. The monoisotopic (exact) mass is 458 g/mol. The van der Waals surface area contributed by atoms with E-state index < -0.39 is 11.2 Å². The molecule has 1 amide bonds. The number of rotatable bonds is 6. The van der Waals surface area contributed by atoms with E-state index in [1.165, 1.54) is 0 Å². The topological polar surface area (TPSA) is 133 Å². The van der Waals surface area contributed by atoms with Crippen molar-refractivity contribution in [2.75, 3.05) is 38.1 Å². The second-order valence-electron chi connectivity index (χ2n) is 6.82. The number of aromatic hydroxyl groups is 1. The lowest BCUT2D eigenvalue weighted by Crippen LogP contribution is -2.49. The van der Waals surface area contributed by atoms with Crippen molar-refractivity contribution >= 4 is 34.5 Å². The van der Waals surface area contributed by atoms with Crippen LogP contribution >= 0.6 is 0 Å². The van der Waals surface area contributed by atoms with Crippen molar-refractivity contribution in [2.45, 2.75) is 6.92 Å². The van der Waals surface area contributed by atoms with Crippen LogP contribution in [0.15, 0.2) is 63.7 Å². The van der Waals surface area contributed by atoms with Gasteiger partial charge in [-0.15, -0.1) is 8.80 Å². The molecule has 1 aromatic rings. The molecule has 0 saturated carbocycles. The number of nitrogens with two attached hydrogens (primary N) is 1. The summed E-state index contributed by atoms with van der Waals surface area (Å²) in [5, 5.41) is 13.6. The van der Waals surface area contributed by atoms with Gasteiger partial charge < -0.3 is 30.7 Å². The molecule has 11 heteroatoms. The lowest BCUT2D eigenvalue weighted by atomic mass is 10.1. The fourth-order valence-corrected chi connectivity index (χ4v) is 3.78. The van der Waals surface area contributed by atoms with Gasteiger partial charge in [0.25, 0.3) is 23.0 Å². The zero-order valence-corrected chi connectivity index (χ0v) is 18.5. The Kier molecular flexibility index (Phi) is 7.66. The molecule has 1 atom stereocenters. The Bertz CT molecular complexity index is 1030. The zero-order valence-electron chi connectivity index (χ0n) is 17.7. The van der Waals surface area contributed by atoms with Crippen molar-refractivity contribution < 1.29 is 18.8 Å². The Balaban J connectivity index is 1.69. The van der Waals surface area contributed by atoms with Crippen LogP contribution in [0.25, 0.3) is 0 Å². The summed E-state index contributed by atoms with van der Waals surface area (Å²) < 4.78 is 24.5. The standard InChI is InChI=1S/C21H26N6O4S/c1-3-5-6-10-17(22)26-11-13-27(14-12-26)21(29)15-8-7-9-16(18(15)28)23-19-20(31-4-2)25-32(30)24-19/h3,5-10,28H,1,4,11-14,22H2,2H3,(H,23,24)/b6-5-,17-10+. The van der Waals surface area contributed by atoms with Crippen molar-refractivity contribution in [2.24, 2.45) is 14.5 Å². The Morgan fingerprint density at radius 3 is 2.69 bits per heavy atom. The van der Waals surface area contributed by atoms with E-state index in [4.69, 9.17) is 10.5 Å². The number of phenolic OH excluding ortho intramolecular Hbond substituents is 1. The van der Waals surface area contributed by atoms with Crippen LogP contribution in [0.5, 0.6) is 5.75 Å². The highest BCUT2D eigenvalue weighted by atomic mass is 32.2.